The number of thiophene rings is 1. The lowest BCUT2D eigenvalue weighted by atomic mass is 10.0. The summed E-state index contributed by atoms with van der Waals surface area (Å²) in [5.41, 5.74) is 3.44. The number of carbonyl (C=O) groups is 3. The van der Waals surface area contributed by atoms with Crippen molar-refractivity contribution in [2.75, 3.05) is 13.7 Å². The molecule has 2 N–H and O–H groups in total. The Labute approximate surface area is 238 Å². The van der Waals surface area contributed by atoms with Crippen molar-refractivity contribution in [3.63, 3.8) is 0 Å². The number of hydrazone groups is 1. The predicted molar refractivity (Wildman–Crippen MR) is 157 cm³/mol. The minimum absolute atomic E-state index is 0.207. The maximum atomic E-state index is 12.8. The van der Waals surface area contributed by atoms with Crippen molar-refractivity contribution in [1.82, 2.24) is 10.7 Å². The number of fused-ring (bicyclic) bond motifs is 2. The summed E-state index contributed by atoms with van der Waals surface area (Å²) in [5.74, 6) is -0.949. The molecule has 1 heterocycles. The van der Waals surface area contributed by atoms with Gasteiger partial charge in [0.05, 0.1) is 24.9 Å². The molecular formula is C30H22ClN3O5S. The van der Waals surface area contributed by atoms with Gasteiger partial charge in [-0.2, -0.15) is 5.10 Å². The highest BCUT2D eigenvalue weighted by atomic mass is 35.5. The van der Waals surface area contributed by atoms with Gasteiger partial charge in [-0.1, -0.05) is 66.2 Å². The van der Waals surface area contributed by atoms with Crippen LogP contribution in [0.1, 0.15) is 25.6 Å². The first-order valence-corrected chi connectivity index (χ1v) is 13.3. The summed E-state index contributed by atoms with van der Waals surface area (Å²) >= 11 is 7.65. The standard InChI is InChI=1S/C30H22ClN3O5S/c1-38-24-15-18(13-14-23(24)39-30(37)28-27(31)22-10-4-5-12-25(22)40-28)16-33-34-26(35)17-32-29(36)21-11-6-8-19-7-2-3-9-20(19)21/h2-16H,17H2,1H3,(H,32,36)(H,34,35). The van der Waals surface area contributed by atoms with Gasteiger partial charge in [-0.05, 0) is 46.7 Å². The minimum Gasteiger partial charge on any atom is -0.493 e. The van der Waals surface area contributed by atoms with E-state index in [0.717, 1.165) is 20.9 Å². The Hall–Kier alpha value is -4.73. The van der Waals surface area contributed by atoms with Gasteiger partial charge in [0.1, 0.15) is 4.88 Å². The quantitative estimate of drug-likeness (QED) is 0.106. The average Bonchev–Trinajstić information content (AvgIpc) is 3.32. The van der Waals surface area contributed by atoms with Gasteiger partial charge >= 0.3 is 5.97 Å². The van der Waals surface area contributed by atoms with Crippen molar-refractivity contribution in [3.05, 3.63) is 106 Å². The van der Waals surface area contributed by atoms with Crippen molar-refractivity contribution in [1.29, 1.82) is 0 Å². The zero-order chi connectivity index (χ0) is 28.1. The van der Waals surface area contributed by atoms with Crippen molar-refractivity contribution in [2.45, 2.75) is 0 Å². The Morgan fingerprint density at radius 3 is 2.48 bits per heavy atom. The third-order valence-corrected chi connectivity index (χ3v) is 7.61. The highest BCUT2D eigenvalue weighted by Crippen LogP contribution is 2.37. The van der Waals surface area contributed by atoms with Crippen molar-refractivity contribution >= 4 is 67.8 Å². The Bertz CT molecular complexity index is 1780. The van der Waals surface area contributed by atoms with E-state index < -0.39 is 11.9 Å². The lowest BCUT2D eigenvalue weighted by molar-refractivity contribution is -0.120. The first-order chi connectivity index (χ1) is 19.4. The SMILES string of the molecule is COc1cc(C=NNC(=O)CNC(=O)c2cccc3ccccc23)ccc1OC(=O)c1sc2ccccc2c1Cl. The molecule has 0 radical (unpaired) electrons. The van der Waals surface area contributed by atoms with E-state index in [4.69, 9.17) is 21.1 Å². The summed E-state index contributed by atoms with van der Waals surface area (Å²) in [6.07, 6.45) is 1.40. The minimum atomic E-state index is -0.594. The molecule has 0 atom stereocenters. The van der Waals surface area contributed by atoms with Crippen LogP contribution >= 0.6 is 22.9 Å². The molecule has 200 valence electrons. The maximum Gasteiger partial charge on any atom is 0.355 e. The molecule has 0 unspecified atom stereocenters. The molecule has 5 rings (SSSR count). The second-order valence-electron chi connectivity index (χ2n) is 8.54. The van der Waals surface area contributed by atoms with Gasteiger partial charge in [0.25, 0.3) is 11.8 Å². The van der Waals surface area contributed by atoms with Crippen LogP contribution in [0.15, 0.2) is 90.0 Å². The number of halogens is 1. The largest absolute Gasteiger partial charge is 0.493 e. The number of hydrogen-bond acceptors (Lipinski definition) is 7. The Kier molecular flexibility index (Phi) is 8.04. The summed E-state index contributed by atoms with van der Waals surface area (Å²) < 4.78 is 11.8. The molecule has 8 nitrogen and oxygen atoms in total. The van der Waals surface area contributed by atoms with E-state index in [0.29, 0.717) is 26.8 Å². The number of nitrogens with zero attached hydrogens (tertiary/aromatic N) is 1. The van der Waals surface area contributed by atoms with E-state index in [-0.39, 0.29) is 18.2 Å². The maximum absolute atomic E-state index is 12.8. The van der Waals surface area contributed by atoms with Gasteiger partial charge in [-0.25, -0.2) is 10.2 Å². The average molecular weight is 572 g/mol. The number of ether oxygens (including phenoxy) is 2. The number of methoxy groups -OCH3 is 1. The van der Waals surface area contributed by atoms with E-state index in [9.17, 15) is 14.4 Å². The van der Waals surface area contributed by atoms with E-state index in [1.807, 2.05) is 54.6 Å². The summed E-state index contributed by atoms with van der Waals surface area (Å²) in [4.78, 5) is 37.9. The zero-order valence-electron chi connectivity index (χ0n) is 21.1. The highest BCUT2D eigenvalue weighted by molar-refractivity contribution is 7.21. The molecule has 0 saturated heterocycles. The zero-order valence-corrected chi connectivity index (χ0v) is 22.7. The summed E-state index contributed by atoms with van der Waals surface area (Å²) in [5, 5.41) is 9.41. The summed E-state index contributed by atoms with van der Waals surface area (Å²) in [6.45, 7) is -0.252. The van der Waals surface area contributed by atoms with Crippen molar-refractivity contribution < 1.29 is 23.9 Å². The van der Waals surface area contributed by atoms with Gasteiger partial charge in [0.15, 0.2) is 11.5 Å². The summed E-state index contributed by atoms with van der Waals surface area (Å²) in [7, 11) is 1.44. The van der Waals surface area contributed by atoms with Crippen LogP contribution in [0.5, 0.6) is 11.5 Å². The second kappa shape index (κ2) is 12.0. The fraction of sp³-hybridized carbons (Fsp3) is 0.0667. The first kappa shape index (κ1) is 26.9. The van der Waals surface area contributed by atoms with E-state index >= 15 is 0 Å². The van der Waals surface area contributed by atoms with Crippen molar-refractivity contribution in [3.8, 4) is 11.5 Å². The number of benzene rings is 4. The topological polar surface area (TPSA) is 106 Å². The summed E-state index contributed by atoms with van der Waals surface area (Å²) in [6, 6.07) is 25.2. The van der Waals surface area contributed by atoms with Crippen LogP contribution in [0.4, 0.5) is 0 Å². The van der Waals surface area contributed by atoms with E-state index in [2.05, 4.69) is 15.8 Å². The molecule has 0 spiro atoms. The van der Waals surface area contributed by atoms with Gasteiger partial charge in [-0.3, -0.25) is 9.59 Å². The molecule has 0 bridgehead atoms. The van der Waals surface area contributed by atoms with Crippen LogP contribution in [0.25, 0.3) is 20.9 Å². The monoisotopic (exact) mass is 571 g/mol. The lowest BCUT2D eigenvalue weighted by Crippen LogP contribution is -2.35. The van der Waals surface area contributed by atoms with Crippen LogP contribution in [-0.4, -0.2) is 37.7 Å². The molecular weight excluding hydrogens is 550 g/mol. The highest BCUT2D eigenvalue weighted by Gasteiger charge is 2.20. The van der Waals surface area contributed by atoms with Crippen molar-refractivity contribution in [2.24, 2.45) is 5.10 Å². The van der Waals surface area contributed by atoms with Crippen LogP contribution in [-0.2, 0) is 4.79 Å². The first-order valence-electron chi connectivity index (χ1n) is 12.1. The number of amides is 2. The number of rotatable bonds is 8. The molecule has 4 aromatic carbocycles. The Balaban J connectivity index is 1.18. The third kappa shape index (κ3) is 5.80. The molecule has 0 aliphatic heterocycles. The number of nitrogens with one attached hydrogen (secondary N) is 2. The Morgan fingerprint density at radius 1 is 0.925 bits per heavy atom. The van der Waals surface area contributed by atoms with Crippen LogP contribution < -0.4 is 20.2 Å². The van der Waals surface area contributed by atoms with Gasteiger partial charge in [0, 0.05) is 15.6 Å². The molecule has 1 aromatic heterocycles. The predicted octanol–water partition coefficient (Wildman–Crippen LogP) is 5.82. The van der Waals surface area contributed by atoms with Crippen LogP contribution in [0, 0.1) is 0 Å². The normalized spacial score (nSPS) is 11.1. The molecule has 5 aromatic rings. The smallest absolute Gasteiger partial charge is 0.355 e. The number of carbonyl (C=O) groups excluding carboxylic acids is 3. The molecule has 0 saturated carbocycles. The van der Waals surface area contributed by atoms with Gasteiger partial charge < -0.3 is 14.8 Å². The molecule has 40 heavy (non-hydrogen) atoms. The fourth-order valence-electron chi connectivity index (χ4n) is 4.04. The van der Waals surface area contributed by atoms with E-state index in [1.54, 1.807) is 30.3 Å². The number of esters is 1. The van der Waals surface area contributed by atoms with Gasteiger partial charge in [-0.15, -0.1) is 11.3 Å². The number of hydrogen-bond donors (Lipinski definition) is 2. The van der Waals surface area contributed by atoms with Crippen LogP contribution in [0.2, 0.25) is 5.02 Å². The van der Waals surface area contributed by atoms with Gasteiger partial charge in [0.2, 0.25) is 0 Å². The molecule has 0 aliphatic rings. The Morgan fingerprint density at radius 2 is 1.68 bits per heavy atom. The molecule has 2 amide bonds. The van der Waals surface area contributed by atoms with E-state index in [1.165, 1.54) is 24.7 Å². The molecule has 10 heteroatoms. The second-order valence-corrected chi connectivity index (χ2v) is 9.97. The lowest BCUT2D eigenvalue weighted by Gasteiger charge is -2.09. The van der Waals surface area contributed by atoms with Crippen LogP contribution in [0.3, 0.4) is 0 Å². The third-order valence-electron chi connectivity index (χ3n) is 5.96. The molecule has 0 fully saturated rings. The fourth-order valence-corrected chi connectivity index (χ4v) is 5.42. The molecule has 0 aliphatic carbocycles.